The first-order valence-corrected chi connectivity index (χ1v) is 12.0. The Morgan fingerprint density at radius 2 is 1.45 bits per heavy atom. The molecule has 0 radical (unpaired) electrons. The molecule has 0 aromatic heterocycles. The van der Waals surface area contributed by atoms with E-state index < -0.39 is 0 Å². The molecule has 172 valence electrons. The van der Waals surface area contributed by atoms with Crippen LogP contribution < -0.4 is 5.73 Å². The Kier molecular flexibility index (Phi) is 7.32. The smallest absolute Gasteiger partial charge is 0.0473 e. The zero-order valence-electron chi connectivity index (χ0n) is 21.3. The van der Waals surface area contributed by atoms with Crippen LogP contribution in [0.5, 0.6) is 0 Å². The van der Waals surface area contributed by atoms with Crippen molar-refractivity contribution in [3.05, 3.63) is 112 Å². The van der Waals surface area contributed by atoms with Gasteiger partial charge in [-0.2, -0.15) is 0 Å². The van der Waals surface area contributed by atoms with E-state index in [2.05, 4.69) is 109 Å². The molecule has 3 aromatic rings. The summed E-state index contributed by atoms with van der Waals surface area (Å²) in [4.78, 5) is 0. The fourth-order valence-electron chi connectivity index (χ4n) is 4.27. The molecule has 0 fully saturated rings. The van der Waals surface area contributed by atoms with Gasteiger partial charge in [-0.25, -0.2) is 0 Å². The second kappa shape index (κ2) is 9.83. The molecule has 0 spiro atoms. The molecule has 0 atom stereocenters. The number of rotatable bonds is 7. The van der Waals surface area contributed by atoms with Gasteiger partial charge in [0.2, 0.25) is 0 Å². The minimum Gasteiger partial charge on any atom is -0.398 e. The third-order valence-corrected chi connectivity index (χ3v) is 6.37. The maximum Gasteiger partial charge on any atom is 0.0473 e. The number of hydrogen-bond donors (Lipinski definition) is 1. The third-order valence-electron chi connectivity index (χ3n) is 6.37. The van der Waals surface area contributed by atoms with Gasteiger partial charge < -0.3 is 5.73 Å². The average Bonchev–Trinajstić information content (AvgIpc) is 2.77. The molecule has 33 heavy (non-hydrogen) atoms. The fourth-order valence-corrected chi connectivity index (χ4v) is 4.27. The van der Waals surface area contributed by atoms with Crippen molar-refractivity contribution < 1.29 is 0 Å². The van der Waals surface area contributed by atoms with Crippen LogP contribution in [0.25, 0.3) is 11.1 Å². The van der Waals surface area contributed by atoms with Gasteiger partial charge in [0.1, 0.15) is 0 Å². The topological polar surface area (TPSA) is 26.0 Å². The Labute approximate surface area is 201 Å². The first-order chi connectivity index (χ1) is 15.5. The van der Waals surface area contributed by atoms with Crippen molar-refractivity contribution in [2.45, 2.75) is 66.2 Å². The highest BCUT2D eigenvalue weighted by Crippen LogP contribution is 2.37. The number of unbranched alkanes of at least 4 members (excludes halogenated alkanes) is 1. The number of nitrogen functional groups attached to an aromatic ring is 1. The SMILES string of the molecule is C=C(c1cccc(C)c1)c1cc(C)cc(C(=C)c2cc(CCCC)cc(C(C)(C)C)c2)c1N. The predicted octanol–water partition coefficient (Wildman–Crippen LogP) is 8.65. The molecule has 0 unspecified atom stereocenters. The minimum atomic E-state index is 0.0695. The van der Waals surface area contributed by atoms with Crippen molar-refractivity contribution in [3.63, 3.8) is 0 Å². The molecule has 3 aromatic carbocycles. The molecule has 0 bridgehead atoms. The molecule has 0 aliphatic heterocycles. The molecule has 3 rings (SSSR count). The summed E-state index contributed by atoms with van der Waals surface area (Å²) in [6.07, 6.45) is 3.46. The van der Waals surface area contributed by atoms with Gasteiger partial charge in [0.15, 0.2) is 0 Å². The zero-order valence-corrected chi connectivity index (χ0v) is 21.3. The van der Waals surface area contributed by atoms with Crippen LogP contribution in [-0.2, 0) is 11.8 Å². The van der Waals surface area contributed by atoms with Gasteiger partial charge in [0.05, 0.1) is 0 Å². The largest absolute Gasteiger partial charge is 0.398 e. The maximum atomic E-state index is 6.79. The van der Waals surface area contributed by atoms with Crippen LogP contribution in [0.2, 0.25) is 0 Å². The van der Waals surface area contributed by atoms with Crippen molar-refractivity contribution in [2.24, 2.45) is 0 Å². The lowest BCUT2D eigenvalue weighted by Crippen LogP contribution is -2.12. The molecule has 0 heterocycles. The van der Waals surface area contributed by atoms with Crippen LogP contribution in [0, 0.1) is 13.8 Å². The summed E-state index contributed by atoms with van der Waals surface area (Å²) in [6, 6.07) is 19.6. The van der Waals surface area contributed by atoms with Crippen LogP contribution >= 0.6 is 0 Å². The molecule has 0 amide bonds. The molecular formula is C32H39N. The molecule has 0 aliphatic rings. The first kappa shape index (κ1) is 24.6. The highest BCUT2D eigenvalue weighted by molar-refractivity contribution is 5.93. The summed E-state index contributed by atoms with van der Waals surface area (Å²) in [5.74, 6) is 0. The Bertz CT molecular complexity index is 1190. The van der Waals surface area contributed by atoms with Crippen LogP contribution in [-0.4, -0.2) is 0 Å². The maximum absolute atomic E-state index is 6.79. The normalized spacial score (nSPS) is 11.5. The predicted molar refractivity (Wildman–Crippen MR) is 147 cm³/mol. The van der Waals surface area contributed by atoms with Gasteiger partial charge in [-0.3, -0.25) is 0 Å². The van der Waals surface area contributed by atoms with Gasteiger partial charge in [0, 0.05) is 16.8 Å². The molecule has 1 heteroatoms. The Morgan fingerprint density at radius 3 is 2.03 bits per heavy atom. The van der Waals surface area contributed by atoms with E-state index in [1.165, 1.54) is 29.5 Å². The number of anilines is 1. The summed E-state index contributed by atoms with van der Waals surface area (Å²) < 4.78 is 0. The Balaban J connectivity index is 2.10. The van der Waals surface area contributed by atoms with Crippen LogP contribution in [0.15, 0.2) is 67.8 Å². The monoisotopic (exact) mass is 437 g/mol. The second-order valence-electron chi connectivity index (χ2n) is 10.4. The molecule has 2 N–H and O–H groups in total. The summed E-state index contributed by atoms with van der Waals surface area (Å²) in [6.45, 7) is 22.2. The van der Waals surface area contributed by atoms with Crippen molar-refractivity contribution in [2.75, 3.05) is 5.73 Å². The van der Waals surface area contributed by atoms with E-state index in [0.29, 0.717) is 0 Å². The highest BCUT2D eigenvalue weighted by atomic mass is 14.6. The number of aryl methyl sites for hydroxylation is 3. The number of hydrogen-bond acceptors (Lipinski definition) is 1. The van der Waals surface area contributed by atoms with E-state index in [0.717, 1.165) is 51.1 Å². The van der Waals surface area contributed by atoms with Crippen molar-refractivity contribution in [1.82, 2.24) is 0 Å². The van der Waals surface area contributed by atoms with Gasteiger partial charge in [-0.05, 0) is 83.2 Å². The van der Waals surface area contributed by atoms with E-state index in [1.807, 2.05) is 0 Å². The Morgan fingerprint density at radius 1 is 0.818 bits per heavy atom. The minimum absolute atomic E-state index is 0.0695. The van der Waals surface area contributed by atoms with E-state index in [1.54, 1.807) is 0 Å². The van der Waals surface area contributed by atoms with Crippen LogP contribution in [0.1, 0.15) is 85.0 Å². The molecule has 1 nitrogen and oxygen atoms in total. The zero-order chi connectivity index (χ0) is 24.3. The van der Waals surface area contributed by atoms with Crippen LogP contribution in [0.3, 0.4) is 0 Å². The molecular weight excluding hydrogens is 398 g/mol. The lowest BCUT2D eigenvalue weighted by Gasteiger charge is -2.23. The standard InChI is InChI=1S/C32H39N/c1-9-10-13-25-18-27(20-28(19-25)32(6,7)8)24(5)30-17-22(3)16-29(31(30)33)23(4)26-14-11-12-21(2)15-26/h11-12,14-20H,4-5,9-10,13,33H2,1-3,6-8H3. The van der Waals surface area contributed by atoms with Crippen LogP contribution in [0.4, 0.5) is 5.69 Å². The summed E-state index contributed by atoms with van der Waals surface area (Å²) >= 11 is 0. The summed E-state index contributed by atoms with van der Waals surface area (Å²) in [7, 11) is 0. The Hall–Kier alpha value is -3.06. The van der Waals surface area contributed by atoms with E-state index in [-0.39, 0.29) is 5.41 Å². The van der Waals surface area contributed by atoms with Gasteiger partial charge >= 0.3 is 0 Å². The third kappa shape index (κ3) is 5.66. The number of benzene rings is 3. The van der Waals surface area contributed by atoms with Crippen molar-refractivity contribution in [1.29, 1.82) is 0 Å². The van der Waals surface area contributed by atoms with E-state index in [9.17, 15) is 0 Å². The lowest BCUT2D eigenvalue weighted by molar-refractivity contribution is 0.588. The van der Waals surface area contributed by atoms with Crippen molar-refractivity contribution >= 4 is 16.8 Å². The lowest BCUT2D eigenvalue weighted by atomic mass is 9.82. The van der Waals surface area contributed by atoms with E-state index in [4.69, 9.17) is 5.73 Å². The summed E-state index contributed by atoms with van der Waals surface area (Å²) in [5, 5.41) is 0. The van der Waals surface area contributed by atoms with E-state index >= 15 is 0 Å². The molecule has 0 aliphatic carbocycles. The van der Waals surface area contributed by atoms with Gasteiger partial charge in [0.25, 0.3) is 0 Å². The highest BCUT2D eigenvalue weighted by Gasteiger charge is 2.19. The van der Waals surface area contributed by atoms with Crippen molar-refractivity contribution in [3.8, 4) is 0 Å². The first-order valence-electron chi connectivity index (χ1n) is 12.0. The second-order valence-corrected chi connectivity index (χ2v) is 10.4. The van der Waals surface area contributed by atoms with Gasteiger partial charge in [-0.15, -0.1) is 0 Å². The van der Waals surface area contributed by atoms with Gasteiger partial charge in [-0.1, -0.05) is 95.3 Å². The molecule has 0 saturated heterocycles. The number of nitrogens with two attached hydrogens (primary N) is 1. The average molecular weight is 438 g/mol. The quantitative estimate of drug-likeness (QED) is 0.368. The summed E-state index contributed by atoms with van der Waals surface area (Å²) in [5.41, 5.74) is 18.8. The fraction of sp³-hybridized carbons (Fsp3) is 0.312. The molecule has 0 saturated carbocycles.